The number of nitro benzene ring substituents is 1. The van der Waals surface area contributed by atoms with Gasteiger partial charge in [-0.05, 0) is 40.9 Å². The molecule has 1 aromatic rings. The van der Waals surface area contributed by atoms with E-state index in [9.17, 15) is 10.1 Å². The third-order valence-corrected chi connectivity index (χ3v) is 3.53. The van der Waals surface area contributed by atoms with Gasteiger partial charge in [0, 0.05) is 23.7 Å². The van der Waals surface area contributed by atoms with Crippen LogP contribution in [-0.2, 0) is 6.42 Å². The number of nitrogens with one attached hydrogen (secondary N) is 1. The molecule has 1 aromatic carbocycles. The van der Waals surface area contributed by atoms with E-state index in [2.05, 4.69) is 24.1 Å². The smallest absolute Gasteiger partial charge is 0.272 e. The predicted molar refractivity (Wildman–Crippen MR) is 77.4 cm³/mol. The van der Waals surface area contributed by atoms with Crippen LogP contribution in [0.25, 0.3) is 0 Å². The summed E-state index contributed by atoms with van der Waals surface area (Å²) in [5.74, 6) is 0. The fourth-order valence-electron chi connectivity index (χ4n) is 1.68. The van der Waals surface area contributed by atoms with Gasteiger partial charge in [0.2, 0.25) is 0 Å². The Morgan fingerprint density at radius 1 is 1.32 bits per heavy atom. The largest absolute Gasteiger partial charge is 0.315 e. The predicted octanol–water partition coefficient (Wildman–Crippen LogP) is 2.07. The van der Waals surface area contributed by atoms with Gasteiger partial charge in [0.25, 0.3) is 5.69 Å². The zero-order chi connectivity index (χ0) is 14.5. The monoisotopic (exact) mass is 265 g/mol. The molecular formula is C14H23N3O2. The molecule has 0 unspecified atom stereocenters. The van der Waals surface area contributed by atoms with Crippen molar-refractivity contribution in [3.8, 4) is 0 Å². The van der Waals surface area contributed by atoms with E-state index in [-0.39, 0.29) is 16.1 Å². The fourth-order valence-corrected chi connectivity index (χ4v) is 1.68. The molecule has 0 heterocycles. The van der Waals surface area contributed by atoms with Crippen molar-refractivity contribution >= 4 is 5.69 Å². The van der Waals surface area contributed by atoms with Crippen LogP contribution in [0.3, 0.4) is 0 Å². The summed E-state index contributed by atoms with van der Waals surface area (Å²) in [7, 11) is 4.09. The Morgan fingerprint density at radius 3 is 2.53 bits per heavy atom. The first-order valence-corrected chi connectivity index (χ1v) is 6.45. The van der Waals surface area contributed by atoms with Gasteiger partial charge >= 0.3 is 0 Å². The Bertz CT molecular complexity index is 430. The maximum atomic E-state index is 10.9. The first kappa shape index (κ1) is 15.6. The molecular weight excluding hydrogens is 242 g/mol. The van der Waals surface area contributed by atoms with Crippen LogP contribution < -0.4 is 5.32 Å². The van der Waals surface area contributed by atoms with Crippen molar-refractivity contribution in [1.29, 1.82) is 0 Å². The minimum Gasteiger partial charge on any atom is -0.315 e. The van der Waals surface area contributed by atoms with E-state index in [1.807, 2.05) is 26.2 Å². The number of rotatable bonds is 7. The first-order valence-electron chi connectivity index (χ1n) is 6.45. The van der Waals surface area contributed by atoms with Gasteiger partial charge in [-0.3, -0.25) is 10.1 Å². The van der Waals surface area contributed by atoms with E-state index in [1.165, 1.54) is 0 Å². The summed E-state index contributed by atoms with van der Waals surface area (Å²) in [5, 5.41) is 14.2. The van der Waals surface area contributed by atoms with Gasteiger partial charge < -0.3 is 10.2 Å². The molecule has 0 aliphatic rings. The van der Waals surface area contributed by atoms with Gasteiger partial charge in [-0.15, -0.1) is 0 Å². The van der Waals surface area contributed by atoms with E-state index in [1.54, 1.807) is 12.1 Å². The zero-order valence-corrected chi connectivity index (χ0v) is 12.1. The lowest BCUT2D eigenvalue weighted by Gasteiger charge is -2.32. The molecule has 0 radical (unpaired) electrons. The van der Waals surface area contributed by atoms with Crippen molar-refractivity contribution in [2.24, 2.45) is 0 Å². The first-order chi connectivity index (χ1) is 8.84. The van der Waals surface area contributed by atoms with Crippen molar-refractivity contribution in [2.45, 2.75) is 25.8 Å². The second-order valence-corrected chi connectivity index (χ2v) is 5.52. The average molecular weight is 265 g/mol. The normalized spacial score (nSPS) is 11.8. The Morgan fingerprint density at radius 2 is 1.95 bits per heavy atom. The molecule has 0 spiro atoms. The van der Waals surface area contributed by atoms with Crippen molar-refractivity contribution in [1.82, 2.24) is 10.2 Å². The van der Waals surface area contributed by atoms with Crippen LogP contribution in [-0.4, -0.2) is 42.5 Å². The molecule has 1 N–H and O–H groups in total. The molecule has 0 amide bonds. The van der Waals surface area contributed by atoms with Crippen molar-refractivity contribution < 1.29 is 4.92 Å². The Hall–Kier alpha value is -1.46. The molecule has 0 bridgehead atoms. The summed E-state index contributed by atoms with van der Waals surface area (Å²) < 4.78 is 0. The van der Waals surface area contributed by atoms with Crippen molar-refractivity contribution in [2.75, 3.05) is 27.2 Å². The van der Waals surface area contributed by atoms with Gasteiger partial charge in [-0.2, -0.15) is 0 Å². The van der Waals surface area contributed by atoms with Crippen LogP contribution in [0.4, 0.5) is 5.69 Å². The number of hydrogen-bond acceptors (Lipinski definition) is 4. The van der Waals surface area contributed by atoms with Crippen molar-refractivity contribution in [3.05, 3.63) is 39.9 Å². The van der Waals surface area contributed by atoms with Gasteiger partial charge in [0.05, 0.1) is 4.92 Å². The van der Waals surface area contributed by atoms with Crippen LogP contribution in [0.5, 0.6) is 0 Å². The van der Waals surface area contributed by atoms with Crippen LogP contribution in [0.2, 0.25) is 0 Å². The van der Waals surface area contributed by atoms with E-state index in [0.717, 1.165) is 18.7 Å². The molecule has 0 fully saturated rings. The maximum absolute atomic E-state index is 10.9. The van der Waals surface area contributed by atoms with E-state index in [0.29, 0.717) is 6.42 Å². The van der Waals surface area contributed by atoms with Crippen LogP contribution >= 0.6 is 0 Å². The highest BCUT2D eigenvalue weighted by Crippen LogP contribution is 2.17. The maximum Gasteiger partial charge on any atom is 0.272 e. The number of nitrogens with zero attached hydrogens (tertiary/aromatic N) is 2. The summed E-state index contributed by atoms with van der Waals surface area (Å²) in [6.45, 7) is 5.90. The van der Waals surface area contributed by atoms with Crippen LogP contribution in [0, 0.1) is 10.1 Å². The van der Waals surface area contributed by atoms with E-state index >= 15 is 0 Å². The van der Waals surface area contributed by atoms with Gasteiger partial charge in [-0.25, -0.2) is 0 Å². The molecule has 0 saturated heterocycles. The lowest BCUT2D eigenvalue weighted by atomic mass is 10.0. The fraction of sp³-hybridized carbons (Fsp3) is 0.571. The molecule has 0 aliphatic heterocycles. The van der Waals surface area contributed by atoms with Gasteiger partial charge in [0.1, 0.15) is 0 Å². The molecule has 106 valence electrons. The van der Waals surface area contributed by atoms with Crippen LogP contribution in [0.1, 0.15) is 19.4 Å². The highest BCUT2D eigenvalue weighted by atomic mass is 16.6. The second-order valence-electron chi connectivity index (χ2n) is 5.52. The van der Waals surface area contributed by atoms with E-state index < -0.39 is 0 Å². The SMILES string of the molecule is CN(C)C(C)(C)CNCCc1ccccc1[N+](=O)[O-]. The Kier molecular flexibility index (Phi) is 5.44. The summed E-state index contributed by atoms with van der Waals surface area (Å²) in [4.78, 5) is 12.7. The average Bonchev–Trinajstić information content (AvgIpc) is 2.34. The number of para-hydroxylation sites is 1. The standard InChI is InChI=1S/C14H23N3O2/c1-14(2,16(3)4)11-15-10-9-12-7-5-6-8-13(12)17(18)19/h5-8,15H,9-11H2,1-4H3. The topological polar surface area (TPSA) is 58.4 Å². The number of likely N-dealkylation sites (N-methyl/N-ethyl adjacent to an activating group) is 1. The number of hydrogen-bond donors (Lipinski definition) is 1. The molecule has 5 nitrogen and oxygen atoms in total. The third kappa shape index (κ3) is 4.61. The zero-order valence-electron chi connectivity index (χ0n) is 12.1. The number of benzene rings is 1. The van der Waals surface area contributed by atoms with Gasteiger partial charge in [-0.1, -0.05) is 18.2 Å². The second kappa shape index (κ2) is 6.63. The lowest BCUT2D eigenvalue weighted by molar-refractivity contribution is -0.385. The van der Waals surface area contributed by atoms with E-state index in [4.69, 9.17) is 0 Å². The quantitative estimate of drug-likeness (QED) is 0.466. The lowest BCUT2D eigenvalue weighted by Crippen LogP contribution is -2.47. The Labute approximate surface area is 114 Å². The molecule has 0 aliphatic carbocycles. The number of nitro groups is 1. The minimum absolute atomic E-state index is 0.0720. The third-order valence-electron chi connectivity index (χ3n) is 3.53. The van der Waals surface area contributed by atoms with Crippen molar-refractivity contribution in [3.63, 3.8) is 0 Å². The molecule has 0 aromatic heterocycles. The van der Waals surface area contributed by atoms with Gasteiger partial charge in [0.15, 0.2) is 0 Å². The highest BCUT2D eigenvalue weighted by molar-refractivity contribution is 5.39. The molecule has 0 atom stereocenters. The molecule has 19 heavy (non-hydrogen) atoms. The molecule has 0 saturated carbocycles. The highest BCUT2D eigenvalue weighted by Gasteiger charge is 2.19. The van der Waals surface area contributed by atoms with Crippen LogP contribution in [0.15, 0.2) is 24.3 Å². The minimum atomic E-state index is -0.320. The summed E-state index contributed by atoms with van der Waals surface area (Å²) >= 11 is 0. The molecule has 1 rings (SSSR count). The summed E-state index contributed by atoms with van der Waals surface area (Å²) in [5.41, 5.74) is 1.06. The summed E-state index contributed by atoms with van der Waals surface area (Å²) in [6, 6.07) is 6.91. The molecule has 5 heteroatoms. The summed E-state index contributed by atoms with van der Waals surface area (Å²) in [6.07, 6.45) is 0.667. The Balaban J connectivity index is 2.48.